The van der Waals surface area contributed by atoms with Gasteiger partial charge in [-0.15, -0.1) is 5.10 Å². The third-order valence-corrected chi connectivity index (χ3v) is 7.19. The van der Waals surface area contributed by atoms with E-state index in [9.17, 15) is 9.59 Å². The maximum Gasteiger partial charge on any atom is 0.410 e. The van der Waals surface area contributed by atoms with Crippen molar-refractivity contribution in [3.63, 3.8) is 0 Å². The SMILES string of the molecule is COc1cncc(NC(=O)C(C)c2ccc(N3CCC[C@@H](N(CC4CCC4)C(=O)OC(C)(C)C)C3)nn2)c1. The Balaban J connectivity index is 1.40. The summed E-state index contributed by atoms with van der Waals surface area (Å²) in [7, 11) is 1.55. The Morgan fingerprint density at radius 2 is 1.95 bits per heavy atom. The third-order valence-electron chi connectivity index (χ3n) is 7.19. The molecule has 0 radical (unpaired) electrons. The molecule has 1 unspecified atom stereocenters. The summed E-state index contributed by atoms with van der Waals surface area (Å²) in [4.78, 5) is 34.1. The largest absolute Gasteiger partial charge is 0.495 e. The van der Waals surface area contributed by atoms with Gasteiger partial charge in [0.1, 0.15) is 11.4 Å². The van der Waals surface area contributed by atoms with Crippen LogP contribution in [0.1, 0.15) is 71.4 Å². The maximum absolute atomic E-state index is 13.1. The first-order chi connectivity index (χ1) is 18.1. The third kappa shape index (κ3) is 7.11. The Bertz CT molecular complexity index is 1100. The molecule has 206 valence electrons. The van der Waals surface area contributed by atoms with Crippen LogP contribution in [0, 0.1) is 5.92 Å². The molecule has 0 aromatic carbocycles. The number of carbonyl (C=O) groups excluding carboxylic acids is 2. The Morgan fingerprint density at radius 3 is 2.58 bits per heavy atom. The first-order valence-electron chi connectivity index (χ1n) is 13.5. The molecule has 1 saturated heterocycles. The van der Waals surface area contributed by atoms with E-state index >= 15 is 0 Å². The van der Waals surface area contributed by atoms with E-state index in [1.165, 1.54) is 19.3 Å². The van der Waals surface area contributed by atoms with Gasteiger partial charge < -0.3 is 24.6 Å². The minimum absolute atomic E-state index is 0.0573. The second-order valence-corrected chi connectivity index (χ2v) is 11.3. The topological polar surface area (TPSA) is 110 Å². The number of hydrogen-bond donors (Lipinski definition) is 1. The van der Waals surface area contributed by atoms with E-state index in [1.54, 1.807) is 32.5 Å². The van der Waals surface area contributed by atoms with Gasteiger partial charge in [0.15, 0.2) is 5.82 Å². The molecule has 10 nitrogen and oxygen atoms in total. The number of nitrogens with one attached hydrogen (secondary N) is 1. The Hall–Kier alpha value is -3.43. The van der Waals surface area contributed by atoms with E-state index in [4.69, 9.17) is 9.47 Å². The van der Waals surface area contributed by atoms with E-state index in [-0.39, 0.29) is 18.0 Å². The molecule has 1 saturated carbocycles. The zero-order valence-electron chi connectivity index (χ0n) is 23.1. The van der Waals surface area contributed by atoms with Gasteiger partial charge in [-0.05, 0) is 71.4 Å². The van der Waals surface area contributed by atoms with Gasteiger partial charge in [-0.1, -0.05) is 6.42 Å². The molecule has 2 atom stereocenters. The summed E-state index contributed by atoms with van der Waals surface area (Å²) >= 11 is 0. The zero-order chi connectivity index (χ0) is 27.3. The number of rotatable bonds is 8. The number of anilines is 2. The number of piperidine rings is 1. The van der Waals surface area contributed by atoms with Crippen molar-refractivity contribution in [1.29, 1.82) is 0 Å². The van der Waals surface area contributed by atoms with Crippen molar-refractivity contribution in [2.45, 2.75) is 77.4 Å². The van der Waals surface area contributed by atoms with E-state index in [2.05, 4.69) is 25.4 Å². The van der Waals surface area contributed by atoms with Crippen molar-refractivity contribution in [3.8, 4) is 5.75 Å². The minimum Gasteiger partial charge on any atom is -0.495 e. The van der Waals surface area contributed by atoms with Crippen LogP contribution in [0.3, 0.4) is 0 Å². The highest BCUT2D eigenvalue weighted by molar-refractivity contribution is 5.95. The van der Waals surface area contributed by atoms with Gasteiger partial charge >= 0.3 is 6.09 Å². The predicted molar refractivity (Wildman–Crippen MR) is 145 cm³/mol. The van der Waals surface area contributed by atoms with Gasteiger partial charge in [-0.3, -0.25) is 9.78 Å². The summed E-state index contributed by atoms with van der Waals surface area (Å²) < 4.78 is 10.9. The van der Waals surface area contributed by atoms with Crippen molar-refractivity contribution >= 4 is 23.5 Å². The van der Waals surface area contributed by atoms with Gasteiger partial charge in [0.2, 0.25) is 5.91 Å². The molecule has 2 aromatic heterocycles. The summed E-state index contributed by atoms with van der Waals surface area (Å²) in [5.74, 6) is 1.16. The number of amides is 2. The molecular weight excluding hydrogens is 484 g/mol. The number of pyridine rings is 1. The lowest BCUT2D eigenvalue weighted by molar-refractivity contribution is -0.117. The highest BCUT2D eigenvalue weighted by Crippen LogP contribution is 2.30. The van der Waals surface area contributed by atoms with E-state index in [0.29, 0.717) is 29.6 Å². The standard InChI is InChI=1S/C28H40N6O4/c1-19(26(35)30-21-14-23(37-5)16-29-15-21)24-11-12-25(32-31-24)33-13-7-10-22(18-33)34(17-20-8-6-9-20)27(36)38-28(2,3)4/h11-12,14-16,19-20,22H,6-10,13,17-18H2,1-5H3,(H,30,35)/t19?,22-/m1/s1. The lowest BCUT2D eigenvalue weighted by atomic mass is 9.84. The van der Waals surface area contributed by atoms with Crippen molar-refractivity contribution < 1.29 is 19.1 Å². The molecule has 38 heavy (non-hydrogen) atoms. The molecule has 2 amide bonds. The first-order valence-corrected chi connectivity index (χ1v) is 13.5. The number of nitrogens with zero attached hydrogens (tertiary/aromatic N) is 5. The van der Waals surface area contributed by atoms with Crippen LogP contribution in [0.25, 0.3) is 0 Å². The van der Waals surface area contributed by atoms with Gasteiger partial charge in [-0.2, -0.15) is 5.10 Å². The van der Waals surface area contributed by atoms with E-state index in [0.717, 1.165) is 31.7 Å². The summed E-state index contributed by atoms with van der Waals surface area (Å²) in [6.45, 7) is 9.78. The highest BCUT2D eigenvalue weighted by atomic mass is 16.6. The number of hydrogen-bond acceptors (Lipinski definition) is 8. The van der Waals surface area contributed by atoms with Crippen LogP contribution in [0.15, 0.2) is 30.6 Å². The molecule has 3 heterocycles. The molecule has 0 bridgehead atoms. The number of carbonyl (C=O) groups is 2. The molecule has 4 rings (SSSR count). The summed E-state index contributed by atoms with van der Waals surface area (Å²) in [6.07, 6.45) is 8.37. The molecule has 1 aliphatic heterocycles. The molecule has 2 aliphatic rings. The van der Waals surface area contributed by atoms with Crippen molar-refractivity contribution in [2.75, 3.05) is 37.0 Å². The minimum atomic E-state index is -0.531. The van der Waals surface area contributed by atoms with Crippen LogP contribution >= 0.6 is 0 Å². The number of ether oxygens (including phenoxy) is 2. The predicted octanol–water partition coefficient (Wildman–Crippen LogP) is 4.63. The molecule has 2 fully saturated rings. The Kier molecular flexibility index (Phi) is 8.69. The average Bonchev–Trinajstić information content (AvgIpc) is 2.87. The van der Waals surface area contributed by atoms with Crippen LogP contribution < -0.4 is 15.0 Å². The maximum atomic E-state index is 13.1. The van der Waals surface area contributed by atoms with Crippen LogP contribution in [0.5, 0.6) is 5.75 Å². The first kappa shape index (κ1) is 27.6. The quantitative estimate of drug-likeness (QED) is 0.532. The van der Waals surface area contributed by atoms with E-state index in [1.807, 2.05) is 37.8 Å². The fourth-order valence-electron chi connectivity index (χ4n) is 4.78. The van der Waals surface area contributed by atoms with Gasteiger partial charge in [-0.25, -0.2) is 4.79 Å². The normalized spacial score (nSPS) is 18.8. The molecule has 1 N–H and O–H groups in total. The van der Waals surface area contributed by atoms with E-state index < -0.39 is 11.5 Å². The number of methoxy groups -OCH3 is 1. The molecule has 1 aliphatic carbocycles. The monoisotopic (exact) mass is 524 g/mol. The average molecular weight is 525 g/mol. The zero-order valence-corrected chi connectivity index (χ0v) is 23.1. The van der Waals surface area contributed by atoms with Crippen LogP contribution in [-0.2, 0) is 9.53 Å². The fraction of sp³-hybridized carbons (Fsp3) is 0.607. The lowest BCUT2D eigenvalue weighted by Crippen LogP contribution is -2.53. The van der Waals surface area contributed by atoms with Gasteiger partial charge in [0.05, 0.1) is 42.8 Å². The number of aromatic nitrogens is 3. The lowest BCUT2D eigenvalue weighted by Gasteiger charge is -2.42. The molecule has 2 aromatic rings. The fourth-order valence-corrected chi connectivity index (χ4v) is 4.78. The van der Waals surface area contributed by atoms with Gasteiger partial charge in [0, 0.05) is 25.7 Å². The van der Waals surface area contributed by atoms with Crippen molar-refractivity contribution in [2.24, 2.45) is 5.92 Å². The van der Waals surface area contributed by atoms with Gasteiger partial charge in [0.25, 0.3) is 0 Å². The van der Waals surface area contributed by atoms with Crippen molar-refractivity contribution in [1.82, 2.24) is 20.1 Å². The highest BCUT2D eigenvalue weighted by Gasteiger charge is 2.35. The molecule has 0 spiro atoms. The summed E-state index contributed by atoms with van der Waals surface area (Å²) in [5.41, 5.74) is 0.606. The van der Waals surface area contributed by atoms with Crippen LogP contribution in [0.2, 0.25) is 0 Å². The molecule has 10 heteroatoms. The second kappa shape index (κ2) is 12.0. The summed E-state index contributed by atoms with van der Waals surface area (Å²) in [6, 6.07) is 5.53. The smallest absolute Gasteiger partial charge is 0.410 e. The van der Waals surface area contributed by atoms with Crippen LogP contribution in [-0.4, -0.2) is 70.5 Å². The van der Waals surface area contributed by atoms with Crippen molar-refractivity contribution in [3.05, 3.63) is 36.3 Å². The molecular formula is C28H40N6O4. The second-order valence-electron chi connectivity index (χ2n) is 11.3. The Morgan fingerprint density at radius 1 is 1.16 bits per heavy atom. The summed E-state index contributed by atoms with van der Waals surface area (Å²) in [5, 5.41) is 11.7. The van der Waals surface area contributed by atoms with Crippen LogP contribution in [0.4, 0.5) is 16.3 Å². The Labute approximate surface area is 225 Å².